The molecule has 0 radical (unpaired) electrons. The highest BCUT2D eigenvalue weighted by atomic mass is 35.5. The van der Waals surface area contributed by atoms with Crippen LogP contribution in [0.3, 0.4) is 0 Å². The molecule has 3 heterocycles. The van der Waals surface area contributed by atoms with Crippen LogP contribution in [0.25, 0.3) is 16.9 Å². The number of halogens is 1. The van der Waals surface area contributed by atoms with E-state index >= 15 is 0 Å². The number of aromatic nitrogens is 3. The summed E-state index contributed by atoms with van der Waals surface area (Å²) >= 11 is 8.28. The lowest BCUT2D eigenvalue weighted by atomic mass is 10.1. The third-order valence-electron chi connectivity index (χ3n) is 7.05. The number of nitrogens with two attached hydrogens (primary N) is 1. The fourth-order valence-electron chi connectivity index (χ4n) is 4.78. The molecular weight excluding hydrogens is 616 g/mol. The van der Waals surface area contributed by atoms with Gasteiger partial charge in [0.2, 0.25) is 5.78 Å². The largest absolute Gasteiger partial charge is 0.397 e. The van der Waals surface area contributed by atoms with Gasteiger partial charge in [-0.15, -0.1) is 22.7 Å². The van der Waals surface area contributed by atoms with E-state index in [1.807, 2.05) is 74.6 Å². The first-order valence-corrected chi connectivity index (χ1v) is 15.5. The fourth-order valence-corrected chi connectivity index (χ4v) is 6.70. The van der Waals surface area contributed by atoms with Crippen LogP contribution < -0.4 is 21.9 Å². The Hall–Kier alpha value is -4.97. The summed E-state index contributed by atoms with van der Waals surface area (Å²) in [4.78, 5) is 45.4. The zero-order chi connectivity index (χ0) is 31.0. The van der Waals surface area contributed by atoms with E-state index in [0.717, 1.165) is 28.4 Å². The Balaban J connectivity index is 1.34. The molecule has 0 bridgehead atoms. The SMILES string of the molecule is Cc1c(-c2csc(NC(=O)c3c(Nc4ccccc4)sc(C(=O)c4ccc(Cl)cc4)c3N)n2)c(=O)n(-c2ccccc2)n1C. The average molecular weight is 641 g/mol. The van der Waals surface area contributed by atoms with E-state index in [9.17, 15) is 14.4 Å². The molecule has 0 aliphatic rings. The molecule has 220 valence electrons. The number of thiophene rings is 1. The van der Waals surface area contributed by atoms with Crippen molar-refractivity contribution in [2.45, 2.75) is 6.92 Å². The van der Waals surface area contributed by atoms with Gasteiger partial charge < -0.3 is 11.1 Å². The number of nitrogens with zero attached hydrogens (tertiary/aromatic N) is 3. The highest BCUT2D eigenvalue weighted by molar-refractivity contribution is 7.19. The highest BCUT2D eigenvalue weighted by Gasteiger charge is 2.28. The summed E-state index contributed by atoms with van der Waals surface area (Å²) in [5, 5.41) is 8.96. The van der Waals surface area contributed by atoms with E-state index in [2.05, 4.69) is 15.6 Å². The van der Waals surface area contributed by atoms with Gasteiger partial charge in [-0.25, -0.2) is 9.67 Å². The number of ketones is 1. The van der Waals surface area contributed by atoms with Crippen LogP contribution in [0.15, 0.2) is 95.1 Å². The van der Waals surface area contributed by atoms with Gasteiger partial charge in [0.1, 0.15) is 9.88 Å². The minimum atomic E-state index is -0.542. The number of carbonyl (C=O) groups is 2. The Bertz CT molecular complexity index is 2060. The van der Waals surface area contributed by atoms with Gasteiger partial charge in [0.15, 0.2) is 5.13 Å². The molecule has 3 aromatic heterocycles. The molecule has 0 fully saturated rings. The van der Waals surface area contributed by atoms with Crippen LogP contribution in [-0.2, 0) is 7.05 Å². The second-order valence-corrected chi connectivity index (χ2v) is 12.1. The van der Waals surface area contributed by atoms with Gasteiger partial charge in [-0.05, 0) is 55.5 Å². The summed E-state index contributed by atoms with van der Waals surface area (Å²) in [5.41, 5.74) is 9.89. The van der Waals surface area contributed by atoms with Gasteiger partial charge in [0.25, 0.3) is 11.5 Å². The van der Waals surface area contributed by atoms with Gasteiger partial charge in [0, 0.05) is 34.4 Å². The number of hydrogen-bond acceptors (Lipinski definition) is 8. The Morgan fingerprint density at radius 3 is 2.30 bits per heavy atom. The van der Waals surface area contributed by atoms with E-state index in [0.29, 0.717) is 26.8 Å². The molecule has 12 heteroatoms. The van der Waals surface area contributed by atoms with Crippen LogP contribution in [0.2, 0.25) is 5.02 Å². The third kappa shape index (κ3) is 5.44. The molecule has 0 aliphatic carbocycles. The van der Waals surface area contributed by atoms with Crippen LogP contribution in [-0.4, -0.2) is 26.0 Å². The van der Waals surface area contributed by atoms with Crippen LogP contribution in [0.4, 0.5) is 21.5 Å². The molecular formula is C32H25ClN6O3S2. The number of hydrogen-bond donors (Lipinski definition) is 3. The number of anilines is 4. The zero-order valence-electron chi connectivity index (χ0n) is 23.5. The summed E-state index contributed by atoms with van der Waals surface area (Å²) in [5.74, 6) is -0.871. The number of benzene rings is 3. The van der Waals surface area contributed by atoms with Gasteiger partial charge in [0.05, 0.1) is 28.2 Å². The second-order valence-electron chi connectivity index (χ2n) is 9.80. The van der Waals surface area contributed by atoms with E-state index in [-0.39, 0.29) is 32.6 Å². The number of amides is 1. The van der Waals surface area contributed by atoms with Crippen molar-refractivity contribution in [1.29, 1.82) is 0 Å². The van der Waals surface area contributed by atoms with E-state index < -0.39 is 5.91 Å². The number of rotatable bonds is 8. The van der Waals surface area contributed by atoms with Crippen LogP contribution >= 0.6 is 34.3 Å². The molecule has 9 nitrogen and oxygen atoms in total. The minimum Gasteiger partial charge on any atom is -0.397 e. The van der Waals surface area contributed by atoms with Gasteiger partial charge in [-0.2, -0.15) is 0 Å². The van der Waals surface area contributed by atoms with Crippen molar-refractivity contribution >= 4 is 67.5 Å². The minimum absolute atomic E-state index is 0.0484. The van der Waals surface area contributed by atoms with E-state index in [1.54, 1.807) is 39.0 Å². The molecule has 0 saturated heterocycles. The number of carbonyl (C=O) groups excluding carboxylic acids is 2. The molecule has 3 aromatic carbocycles. The maximum atomic E-state index is 13.7. The van der Waals surface area contributed by atoms with Crippen molar-refractivity contribution in [3.63, 3.8) is 0 Å². The number of nitrogens with one attached hydrogen (secondary N) is 2. The quantitative estimate of drug-likeness (QED) is 0.152. The van der Waals surface area contributed by atoms with Crippen molar-refractivity contribution in [3.8, 4) is 16.9 Å². The summed E-state index contributed by atoms with van der Waals surface area (Å²) in [6, 6.07) is 25.1. The van der Waals surface area contributed by atoms with Gasteiger partial charge in [-0.3, -0.25) is 24.4 Å². The van der Waals surface area contributed by atoms with Crippen molar-refractivity contribution in [1.82, 2.24) is 14.3 Å². The van der Waals surface area contributed by atoms with Crippen molar-refractivity contribution in [2.75, 3.05) is 16.4 Å². The molecule has 0 saturated carbocycles. The highest BCUT2D eigenvalue weighted by Crippen LogP contribution is 2.39. The summed E-state index contributed by atoms with van der Waals surface area (Å²) in [7, 11) is 1.81. The van der Waals surface area contributed by atoms with Crippen LogP contribution in [0.1, 0.15) is 31.3 Å². The van der Waals surface area contributed by atoms with E-state index in [1.165, 1.54) is 11.3 Å². The lowest BCUT2D eigenvalue weighted by molar-refractivity contribution is 0.102. The van der Waals surface area contributed by atoms with Crippen molar-refractivity contribution < 1.29 is 9.59 Å². The molecule has 4 N–H and O–H groups in total. The first kappa shape index (κ1) is 29.1. The molecule has 1 amide bonds. The van der Waals surface area contributed by atoms with Gasteiger partial charge >= 0.3 is 0 Å². The predicted molar refractivity (Wildman–Crippen MR) is 178 cm³/mol. The Morgan fingerprint density at radius 1 is 0.955 bits per heavy atom. The molecule has 0 aliphatic heterocycles. The summed E-state index contributed by atoms with van der Waals surface area (Å²) in [6.07, 6.45) is 0. The summed E-state index contributed by atoms with van der Waals surface area (Å²) in [6.45, 7) is 1.85. The smallest absolute Gasteiger partial charge is 0.281 e. The standard InChI is InChI=1S/C32H25ClN6O3S2/c1-18-24(31(42)39(38(18)2)22-11-7-4-8-12-22)23-17-43-32(36-23)37-29(41)25-26(34)28(27(40)19-13-15-20(33)16-14-19)44-30(25)35-21-9-5-3-6-10-21/h3-17,35H,34H2,1-2H3,(H,36,37,41). The fraction of sp³-hybridized carbons (Fsp3) is 0.0625. The molecule has 0 spiro atoms. The predicted octanol–water partition coefficient (Wildman–Crippen LogP) is 7.13. The Kier molecular flexibility index (Phi) is 7.92. The molecule has 0 unspecified atom stereocenters. The topological polar surface area (TPSA) is 124 Å². The number of thiazole rings is 1. The van der Waals surface area contributed by atoms with Gasteiger partial charge in [-0.1, -0.05) is 48.0 Å². The number of para-hydroxylation sites is 2. The molecule has 0 atom stereocenters. The molecule has 6 aromatic rings. The molecule has 6 rings (SSSR count). The third-order valence-corrected chi connectivity index (χ3v) is 9.18. The molecule has 44 heavy (non-hydrogen) atoms. The van der Waals surface area contributed by atoms with E-state index in [4.69, 9.17) is 17.3 Å². The first-order chi connectivity index (χ1) is 21.2. The lowest BCUT2D eigenvalue weighted by Crippen LogP contribution is -2.20. The first-order valence-electron chi connectivity index (χ1n) is 13.4. The Labute approximate surface area is 265 Å². The number of nitrogen functional groups attached to an aromatic ring is 1. The van der Waals surface area contributed by atoms with Crippen LogP contribution in [0.5, 0.6) is 0 Å². The zero-order valence-corrected chi connectivity index (χ0v) is 25.9. The van der Waals surface area contributed by atoms with Crippen molar-refractivity contribution in [3.05, 3.63) is 127 Å². The maximum Gasteiger partial charge on any atom is 0.281 e. The van der Waals surface area contributed by atoms with Crippen molar-refractivity contribution in [2.24, 2.45) is 7.05 Å². The monoisotopic (exact) mass is 640 g/mol. The normalized spacial score (nSPS) is 11.0. The Morgan fingerprint density at radius 2 is 1.61 bits per heavy atom. The lowest BCUT2D eigenvalue weighted by Gasteiger charge is -2.08. The second kappa shape index (κ2) is 12.0. The summed E-state index contributed by atoms with van der Waals surface area (Å²) < 4.78 is 3.35. The maximum absolute atomic E-state index is 13.7. The van der Waals surface area contributed by atoms with Crippen LogP contribution in [0, 0.1) is 6.92 Å². The average Bonchev–Trinajstić information content (AvgIpc) is 3.67.